The molecule has 126 valence electrons. The van der Waals surface area contributed by atoms with Crippen molar-refractivity contribution in [3.05, 3.63) is 73.8 Å². The summed E-state index contributed by atoms with van der Waals surface area (Å²) < 4.78 is 0. The molecule has 0 N–H and O–H groups in total. The lowest BCUT2D eigenvalue weighted by atomic mass is 10.1. The highest BCUT2D eigenvalue weighted by Gasteiger charge is 2.34. The summed E-state index contributed by atoms with van der Waals surface area (Å²) >= 11 is 0. The van der Waals surface area contributed by atoms with E-state index >= 15 is 0 Å². The van der Waals surface area contributed by atoms with Crippen LogP contribution in [0.15, 0.2) is 42.5 Å². The highest BCUT2D eigenvalue weighted by atomic mass is 16.6. The molecule has 8 heteroatoms. The maximum absolute atomic E-state index is 11.4. The Morgan fingerprint density at radius 3 is 2.36 bits per heavy atom. The number of nitrogens with zero attached hydrogens (tertiary/aromatic N) is 4. The minimum Gasteiger partial charge on any atom is -0.358 e. The van der Waals surface area contributed by atoms with Gasteiger partial charge in [0.05, 0.1) is 28.0 Å². The Morgan fingerprint density at radius 1 is 1.08 bits per heavy atom. The van der Waals surface area contributed by atoms with Crippen molar-refractivity contribution in [2.75, 3.05) is 4.90 Å². The Labute approximate surface area is 143 Å². The molecule has 8 nitrogen and oxygen atoms in total. The molecule has 0 aromatic heterocycles. The van der Waals surface area contributed by atoms with Crippen LogP contribution in [-0.4, -0.2) is 15.9 Å². The number of rotatable bonds is 6. The minimum atomic E-state index is -0.523. The van der Waals surface area contributed by atoms with Crippen molar-refractivity contribution >= 4 is 17.1 Å². The van der Waals surface area contributed by atoms with Crippen LogP contribution in [0.2, 0.25) is 0 Å². The lowest BCUT2D eigenvalue weighted by Gasteiger charge is -2.24. The monoisotopic (exact) mass is 338 g/mol. The molecule has 2 aromatic rings. The van der Waals surface area contributed by atoms with Gasteiger partial charge in [-0.1, -0.05) is 18.2 Å². The van der Waals surface area contributed by atoms with Gasteiger partial charge in [-0.25, -0.2) is 0 Å². The third-order valence-corrected chi connectivity index (χ3v) is 4.13. The second-order valence-electron chi connectivity index (χ2n) is 5.82. The minimum absolute atomic E-state index is 0.00977. The van der Waals surface area contributed by atoms with Crippen LogP contribution in [0.3, 0.4) is 0 Å². The summed E-state index contributed by atoms with van der Waals surface area (Å²) in [5.74, 6) is 0. The van der Waals surface area contributed by atoms with Crippen molar-refractivity contribution in [1.29, 1.82) is 5.26 Å². The number of nitriles is 1. The standard InChI is InChI=1S/C17H14N4O4/c18-10-12-5-8-16(17(9-12)21(24)25)19(14-6-7-14)11-13-3-1-2-4-15(13)20(22)23/h1-5,8-9,14H,6-7,11H2. The first-order valence-corrected chi connectivity index (χ1v) is 7.68. The summed E-state index contributed by atoms with van der Waals surface area (Å²) in [6.45, 7) is 0.203. The second kappa shape index (κ2) is 6.57. The van der Waals surface area contributed by atoms with Crippen LogP contribution >= 0.6 is 0 Å². The summed E-state index contributed by atoms with van der Waals surface area (Å²) in [4.78, 5) is 23.5. The zero-order chi connectivity index (χ0) is 18.0. The fourth-order valence-corrected chi connectivity index (χ4v) is 2.79. The molecular weight excluding hydrogens is 324 g/mol. The number of nitro groups is 2. The smallest absolute Gasteiger partial charge is 0.293 e. The maximum atomic E-state index is 11.4. The molecule has 0 bridgehead atoms. The molecule has 1 aliphatic rings. The largest absolute Gasteiger partial charge is 0.358 e. The van der Waals surface area contributed by atoms with E-state index in [9.17, 15) is 20.2 Å². The molecule has 1 fully saturated rings. The van der Waals surface area contributed by atoms with Crippen molar-refractivity contribution in [2.45, 2.75) is 25.4 Å². The highest BCUT2D eigenvalue weighted by molar-refractivity contribution is 5.67. The molecule has 0 radical (unpaired) electrons. The first-order valence-electron chi connectivity index (χ1n) is 7.68. The topological polar surface area (TPSA) is 113 Å². The van der Waals surface area contributed by atoms with Crippen molar-refractivity contribution in [1.82, 2.24) is 0 Å². The summed E-state index contributed by atoms with van der Waals surface area (Å²) in [5, 5.41) is 31.6. The van der Waals surface area contributed by atoms with E-state index in [0.717, 1.165) is 12.8 Å². The van der Waals surface area contributed by atoms with Gasteiger partial charge in [0.15, 0.2) is 0 Å². The molecule has 0 atom stereocenters. The van der Waals surface area contributed by atoms with Crippen LogP contribution in [0.4, 0.5) is 17.1 Å². The van der Waals surface area contributed by atoms with Gasteiger partial charge in [-0.2, -0.15) is 5.26 Å². The van der Waals surface area contributed by atoms with Crippen LogP contribution in [0.25, 0.3) is 0 Å². The highest BCUT2D eigenvalue weighted by Crippen LogP contribution is 2.39. The Hall–Kier alpha value is -3.47. The molecule has 2 aromatic carbocycles. The van der Waals surface area contributed by atoms with Gasteiger partial charge >= 0.3 is 0 Å². The number of nitro benzene ring substituents is 2. The third-order valence-electron chi connectivity index (χ3n) is 4.13. The van der Waals surface area contributed by atoms with Crippen LogP contribution in [0.1, 0.15) is 24.0 Å². The first-order chi connectivity index (χ1) is 12.0. The molecule has 3 rings (SSSR count). The molecule has 1 saturated carbocycles. The molecular formula is C17H14N4O4. The van der Waals surface area contributed by atoms with Crippen molar-refractivity contribution in [3.8, 4) is 6.07 Å². The Balaban J connectivity index is 2.03. The molecule has 0 saturated heterocycles. The van der Waals surface area contributed by atoms with E-state index in [-0.39, 0.29) is 29.5 Å². The zero-order valence-corrected chi connectivity index (χ0v) is 13.2. The van der Waals surface area contributed by atoms with Crippen LogP contribution in [-0.2, 0) is 6.54 Å². The molecule has 0 amide bonds. The Kier molecular flexibility index (Phi) is 4.31. The zero-order valence-electron chi connectivity index (χ0n) is 13.2. The quantitative estimate of drug-likeness (QED) is 0.588. The fourth-order valence-electron chi connectivity index (χ4n) is 2.79. The van der Waals surface area contributed by atoms with Crippen molar-refractivity contribution in [2.24, 2.45) is 0 Å². The van der Waals surface area contributed by atoms with E-state index in [1.165, 1.54) is 18.2 Å². The predicted octanol–water partition coefficient (Wildman–Crippen LogP) is 3.54. The number of benzene rings is 2. The van der Waals surface area contributed by atoms with Crippen molar-refractivity contribution < 1.29 is 9.85 Å². The molecule has 0 aliphatic heterocycles. The van der Waals surface area contributed by atoms with E-state index in [4.69, 9.17) is 5.26 Å². The van der Waals surface area contributed by atoms with Crippen LogP contribution < -0.4 is 4.90 Å². The van der Waals surface area contributed by atoms with E-state index in [1.54, 1.807) is 24.3 Å². The molecule has 0 heterocycles. The summed E-state index contributed by atoms with van der Waals surface area (Å²) in [5.41, 5.74) is 0.911. The molecule has 0 unspecified atom stereocenters. The van der Waals surface area contributed by atoms with E-state index in [1.807, 2.05) is 11.0 Å². The number of para-hydroxylation sites is 1. The number of anilines is 1. The van der Waals surface area contributed by atoms with Gasteiger partial charge in [0.25, 0.3) is 11.4 Å². The van der Waals surface area contributed by atoms with Crippen LogP contribution in [0, 0.1) is 31.6 Å². The van der Waals surface area contributed by atoms with E-state index < -0.39 is 9.85 Å². The normalized spacial score (nSPS) is 13.1. The van der Waals surface area contributed by atoms with Gasteiger partial charge < -0.3 is 4.90 Å². The predicted molar refractivity (Wildman–Crippen MR) is 90.1 cm³/mol. The average molecular weight is 338 g/mol. The number of hydrogen-bond acceptors (Lipinski definition) is 6. The van der Waals surface area contributed by atoms with Gasteiger partial charge in [0.1, 0.15) is 5.69 Å². The maximum Gasteiger partial charge on any atom is 0.293 e. The fraction of sp³-hybridized carbons (Fsp3) is 0.235. The Morgan fingerprint density at radius 2 is 1.76 bits per heavy atom. The van der Waals surface area contributed by atoms with E-state index in [0.29, 0.717) is 11.3 Å². The summed E-state index contributed by atoms with van der Waals surface area (Å²) in [6.07, 6.45) is 1.75. The van der Waals surface area contributed by atoms with Gasteiger partial charge in [-0.05, 0) is 25.0 Å². The Bertz CT molecular complexity index is 886. The molecule has 0 spiro atoms. The lowest BCUT2D eigenvalue weighted by Crippen LogP contribution is -2.26. The second-order valence-corrected chi connectivity index (χ2v) is 5.82. The van der Waals surface area contributed by atoms with Gasteiger partial charge in [0, 0.05) is 23.7 Å². The van der Waals surface area contributed by atoms with Crippen LogP contribution in [0.5, 0.6) is 0 Å². The van der Waals surface area contributed by atoms with Gasteiger partial charge in [-0.15, -0.1) is 0 Å². The first kappa shape index (κ1) is 16.4. The molecule has 1 aliphatic carbocycles. The third kappa shape index (κ3) is 3.40. The van der Waals surface area contributed by atoms with E-state index in [2.05, 4.69) is 0 Å². The van der Waals surface area contributed by atoms with Gasteiger partial charge in [-0.3, -0.25) is 20.2 Å². The lowest BCUT2D eigenvalue weighted by molar-refractivity contribution is -0.385. The van der Waals surface area contributed by atoms with Gasteiger partial charge in [0.2, 0.25) is 0 Å². The van der Waals surface area contributed by atoms with Crippen molar-refractivity contribution in [3.63, 3.8) is 0 Å². The number of hydrogen-bond donors (Lipinski definition) is 0. The molecule has 25 heavy (non-hydrogen) atoms. The average Bonchev–Trinajstić information content (AvgIpc) is 3.44. The SMILES string of the molecule is N#Cc1ccc(N(Cc2ccccc2[N+](=O)[O-])C2CC2)c([N+](=O)[O-])c1. The summed E-state index contributed by atoms with van der Waals surface area (Å²) in [6, 6.07) is 12.7. The summed E-state index contributed by atoms with van der Waals surface area (Å²) in [7, 11) is 0.